The van der Waals surface area contributed by atoms with Gasteiger partial charge in [-0.25, -0.2) is 4.79 Å². The quantitative estimate of drug-likeness (QED) is 0.615. The Morgan fingerprint density at radius 3 is 2.36 bits per heavy atom. The second-order valence-corrected chi connectivity index (χ2v) is 6.88. The number of hydrogen-bond donors (Lipinski definition) is 2. The van der Waals surface area contributed by atoms with Crippen LogP contribution in [0.4, 0.5) is 0 Å². The molecule has 6 nitrogen and oxygen atoms in total. The van der Waals surface area contributed by atoms with Gasteiger partial charge in [0.15, 0.2) is 0 Å². The average molecular weight is 382 g/mol. The maximum atomic E-state index is 11.9. The molecule has 2 N–H and O–H groups in total. The lowest BCUT2D eigenvalue weighted by molar-refractivity contribution is 0.0694. The van der Waals surface area contributed by atoms with Crippen molar-refractivity contribution in [1.29, 1.82) is 0 Å². The fourth-order valence-electron chi connectivity index (χ4n) is 3.49. The number of nitrogens with one attached hydrogen (secondary N) is 1. The third-order valence-electron chi connectivity index (χ3n) is 5.02. The second-order valence-electron chi connectivity index (χ2n) is 6.88. The number of ether oxygens (including phenoxy) is 1. The number of benzene rings is 1. The van der Waals surface area contributed by atoms with Gasteiger partial charge in [0.1, 0.15) is 17.3 Å². The fraction of sp³-hybridized carbons (Fsp3) is 0.318. The maximum absolute atomic E-state index is 11.9. The topological polar surface area (TPSA) is 76.6 Å². The molecule has 0 unspecified atom stereocenters. The van der Waals surface area contributed by atoms with Crippen molar-refractivity contribution in [2.75, 3.05) is 7.11 Å². The number of aromatic nitrogens is 1. The highest BCUT2D eigenvalue weighted by molar-refractivity contribution is 5.91. The summed E-state index contributed by atoms with van der Waals surface area (Å²) in [4.78, 5) is 11.9. The summed E-state index contributed by atoms with van der Waals surface area (Å²) in [5, 5.41) is 13.1. The van der Waals surface area contributed by atoms with E-state index in [0.29, 0.717) is 25.2 Å². The highest BCUT2D eigenvalue weighted by atomic mass is 16.5. The molecule has 0 atom stereocenters. The van der Waals surface area contributed by atoms with Crippen LogP contribution in [0.1, 0.15) is 44.4 Å². The standard InChI is InChI=1S/C22H26N2O4/c1-14-5-8-19(28-14)11-23-12-20-15(2)24(16(3)21(20)22(25)26)13-17-6-9-18(27-4)10-7-17/h5-10,23H,11-13H2,1-4H3,(H,25,26). The summed E-state index contributed by atoms with van der Waals surface area (Å²) >= 11 is 0. The predicted molar refractivity (Wildman–Crippen MR) is 107 cm³/mol. The molecule has 6 heteroatoms. The zero-order valence-electron chi connectivity index (χ0n) is 16.7. The van der Waals surface area contributed by atoms with E-state index >= 15 is 0 Å². The number of methoxy groups -OCH3 is 1. The molecular weight excluding hydrogens is 356 g/mol. The Labute approximate surface area is 164 Å². The molecule has 0 fully saturated rings. The van der Waals surface area contributed by atoms with Crippen molar-refractivity contribution in [2.45, 2.75) is 40.4 Å². The van der Waals surface area contributed by atoms with Crippen molar-refractivity contribution in [3.63, 3.8) is 0 Å². The molecule has 0 aliphatic rings. The lowest BCUT2D eigenvalue weighted by Crippen LogP contribution is -2.15. The van der Waals surface area contributed by atoms with Gasteiger partial charge in [-0.2, -0.15) is 0 Å². The molecule has 0 spiro atoms. The zero-order valence-corrected chi connectivity index (χ0v) is 16.7. The van der Waals surface area contributed by atoms with Crippen molar-refractivity contribution in [1.82, 2.24) is 9.88 Å². The maximum Gasteiger partial charge on any atom is 0.337 e. The van der Waals surface area contributed by atoms with Crippen molar-refractivity contribution < 1.29 is 19.1 Å². The molecule has 0 aliphatic heterocycles. The van der Waals surface area contributed by atoms with Crippen LogP contribution in [0.5, 0.6) is 5.75 Å². The number of carboxylic acid groups (broad SMARTS) is 1. The van der Waals surface area contributed by atoms with Crippen LogP contribution in [-0.2, 0) is 19.6 Å². The van der Waals surface area contributed by atoms with Gasteiger partial charge in [-0.1, -0.05) is 12.1 Å². The second kappa shape index (κ2) is 8.35. The Bertz CT molecular complexity index is 967. The summed E-state index contributed by atoms with van der Waals surface area (Å²) in [6.45, 7) is 7.35. The number of furan rings is 1. The third kappa shape index (κ3) is 4.12. The van der Waals surface area contributed by atoms with Gasteiger partial charge in [0.05, 0.1) is 19.2 Å². The van der Waals surface area contributed by atoms with Crippen molar-refractivity contribution in [3.8, 4) is 5.75 Å². The van der Waals surface area contributed by atoms with Gasteiger partial charge in [-0.15, -0.1) is 0 Å². The van der Waals surface area contributed by atoms with Crippen LogP contribution in [0, 0.1) is 20.8 Å². The highest BCUT2D eigenvalue weighted by Gasteiger charge is 2.22. The Balaban J connectivity index is 1.82. The van der Waals surface area contributed by atoms with Gasteiger partial charge >= 0.3 is 5.97 Å². The zero-order chi connectivity index (χ0) is 20.3. The predicted octanol–water partition coefficient (Wildman–Crippen LogP) is 4.05. The molecule has 0 aliphatic carbocycles. The normalized spacial score (nSPS) is 11.0. The number of aryl methyl sites for hydroxylation is 1. The Morgan fingerprint density at radius 2 is 1.79 bits per heavy atom. The van der Waals surface area contributed by atoms with Gasteiger partial charge in [0, 0.05) is 30.0 Å². The first-order chi connectivity index (χ1) is 13.4. The average Bonchev–Trinajstić information content (AvgIpc) is 3.18. The number of carboxylic acids is 1. The number of carbonyl (C=O) groups is 1. The smallest absolute Gasteiger partial charge is 0.337 e. The largest absolute Gasteiger partial charge is 0.497 e. The Kier molecular flexibility index (Phi) is 5.90. The molecule has 148 valence electrons. The summed E-state index contributed by atoms with van der Waals surface area (Å²) in [5.41, 5.74) is 3.97. The highest BCUT2D eigenvalue weighted by Crippen LogP contribution is 2.24. The third-order valence-corrected chi connectivity index (χ3v) is 5.02. The molecule has 0 bridgehead atoms. The number of hydrogen-bond acceptors (Lipinski definition) is 4. The fourth-order valence-corrected chi connectivity index (χ4v) is 3.49. The van der Waals surface area contributed by atoms with Crippen LogP contribution >= 0.6 is 0 Å². The summed E-state index contributed by atoms with van der Waals surface area (Å²) < 4.78 is 12.8. The molecule has 3 aromatic rings. The minimum Gasteiger partial charge on any atom is -0.497 e. The lowest BCUT2D eigenvalue weighted by Gasteiger charge is -2.11. The van der Waals surface area contributed by atoms with Crippen LogP contribution in [0.3, 0.4) is 0 Å². The van der Waals surface area contributed by atoms with E-state index in [2.05, 4.69) is 9.88 Å². The number of aromatic carboxylic acids is 1. The van der Waals surface area contributed by atoms with Gasteiger partial charge in [0.25, 0.3) is 0 Å². The molecule has 2 aromatic heterocycles. The van der Waals surface area contributed by atoms with Crippen molar-refractivity contribution in [2.24, 2.45) is 0 Å². The van der Waals surface area contributed by atoms with Crippen LogP contribution < -0.4 is 10.1 Å². The summed E-state index contributed by atoms with van der Waals surface area (Å²) in [6.07, 6.45) is 0. The van der Waals surface area contributed by atoms with Gasteiger partial charge < -0.3 is 24.1 Å². The first-order valence-electron chi connectivity index (χ1n) is 9.21. The van der Waals surface area contributed by atoms with E-state index < -0.39 is 5.97 Å². The van der Waals surface area contributed by atoms with Crippen molar-refractivity contribution in [3.05, 3.63) is 76.0 Å². The summed E-state index contributed by atoms with van der Waals surface area (Å²) in [6, 6.07) is 11.7. The van der Waals surface area contributed by atoms with Gasteiger partial charge in [0.2, 0.25) is 0 Å². The lowest BCUT2D eigenvalue weighted by atomic mass is 10.1. The molecular formula is C22H26N2O4. The van der Waals surface area contributed by atoms with Crippen molar-refractivity contribution >= 4 is 5.97 Å². The van der Waals surface area contributed by atoms with Crippen LogP contribution in [0.15, 0.2) is 40.8 Å². The molecule has 28 heavy (non-hydrogen) atoms. The summed E-state index contributed by atoms with van der Waals surface area (Å²) in [7, 11) is 1.64. The van der Waals surface area contributed by atoms with E-state index in [-0.39, 0.29) is 0 Å². The van der Waals surface area contributed by atoms with E-state index in [0.717, 1.165) is 39.8 Å². The minimum atomic E-state index is -0.903. The van der Waals surface area contributed by atoms with Gasteiger partial charge in [-0.3, -0.25) is 0 Å². The number of rotatable bonds is 8. The minimum absolute atomic E-state index is 0.370. The van der Waals surface area contributed by atoms with E-state index in [1.807, 2.05) is 57.2 Å². The first kappa shape index (κ1) is 19.8. The number of nitrogens with zero attached hydrogens (tertiary/aromatic N) is 1. The summed E-state index contributed by atoms with van der Waals surface area (Å²) in [5.74, 6) is 1.59. The molecule has 3 rings (SSSR count). The molecule has 0 saturated carbocycles. The van der Waals surface area contributed by atoms with Crippen LogP contribution in [0.25, 0.3) is 0 Å². The Morgan fingerprint density at radius 1 is 1.07 bits per heavy atom. The molecule has 0 amide bonds. The van der Waals surface area contributed by atoms with Gasteiger partial charge in [-0.05, 0) is 50.6 Å². The van der Waals surface area contributed by atoms with Crippen LogP contribution in [-0.4, -0.2) is 22.8 Å². The van der Waals surface area contributed by atoms with E-state index in [9.17, 15) is 9.90 Å². The van der Waals surface area contributed by atoms with E-state index in [1.165, 1.54) is 0 Å². The molecule has 0 saturated heterocycles. The van der Waals surface area contributed by atoms with E-state index in [4.69, 9.17) is 9.15 Å². The SMILES string of the molecule is COc1ccc(Cn2c(C)c(CNCc3ccc(C)o3)c(C(=O)O)c2C)cc1. The molecule has 0 radical (unpaired) electrons. The van der Waals surface area contributed by atoms with Crippen LogP contribution in [0.2, 0.25) is 0 Å². The molecule has 1 aromatic carbocycles. The van der Waals surface area contributed by atoms with E-state index in [1.54, 1.807) is 7.11 Å². The molecule has 2 heterocycles. The monoisotopic (exact) mass is 382 g/mol. The Hall–Kier alpha value is -2.99. The first-order valence-corrected chi connectivity index (χ1v) is 9.21.